The number of rotatable bonds is 4. The molecule has 0 saturated carbocycles. The zero-order valence-corrected chi connectivity index (χ0v) is 13.5. The molecule has 132 valence electrons. The second-order valence-corrected chi connectivity index (χ2v) is 5.40. The molecule has 0 amide bonds. The second kappa shape index (κ2) is 6.71. The van der Waals surface area contributed by atoms with E-state index >= 15 is 0 Å². The van der Waals surface area contributed by atoms with Crippen LogP contribution in [0.15, 0.2) is 47.5 Å². The monoisotopic (exact) mass is 357 g/mol. The molecule has 0 radical (unpaired) electrons. The van der Waals surface area contributed by atoms with Crippen LogP contribution in [0.25, 0.3) is 10.9 Å². The van der Waals surface area contributed by atoms with E-state index in [1.807, 2.05) is 0 Å². The van der Waals surface area contributed by atoms with Crippen molar-refractivity contribution in [3.63, 3.8) is 0 Å². The van der Waals surface area contributed by atoms with Gasteiger partial charge in [0.2, 0.25) is 0 Å². The minimum Gasteiger partial charge on any atom is -0.465 e. The van der Waals surface area contributed by atoms with Gasteiger partial charge in [0, 0.05) is 17.6 Å². The van der Waals surface area contributed by atoms with Crippen molar-refractivity contribution in [1.82, 2.24) is 9.55 Å². The number of hydrogen-bond acceptors (Lipinski definition) is 6. The van der Waals surface area contributed by atoms with Crippen molar-refractivity contribution in [3.8, 4) is 0 Å². The number of ether oxygens (including phenoxy) is 1. The van der Waals surface area contributed by atoms with Gasteiger partial charge in [-0.25, -0.2) is 9.18 Å². The lowest BCUT2D eigenvalue weighted by Crippen LogP contribution is -2.27. The first-order chi connectivity index (χ1) is 12.4. The highest BCUT2D eigenvalue weighted by Gasteiger charge is 2.20. The highest BCUT2D eigenvalue weighted by Crippen LogP contribution is 2.21. The highest BCUT2D eigenvalue weighted by atomic mass is 19.1. The van der Waals surface area contributed by atoms with Crippen LogP contribution in [0.3, 0.4) is 0 Å². The lowest BCUT2D eigenvalue weighted by molar-refractivity contribution is -0.385. The summed E-state index contributed by atoms with van der Waals surface area (Å²) in [5.41, 5.74) is -0.854. The van der Waals surface area contributed by atoms with Crippen LogP contribution in [0.2, 0.25) is 0 Å². The van der Waals surface area contributed by atoms with Gasteiger partial charge in [0.15, 0.2) is 0 Å². The van der Waals surface area contributed by atoms with E-state index < -0.39 is 33.5 Å². The summed E-state index contributed by atoms with van der Waals surface area (Å²) < 4.78 is 19.4. The maximum absolute atomic E-state index is 13.9. The fourth-order valence-electron chi connectivity index (χ4n) is 2.60. The third-order valence-corrected chi connectivity index (χ3v) is 3.83. The molecule has 0 unspecified atom stereocenters. The zero-order valence-electron chi connectivity index (χ0n) is 13.5. The lowest BCUT2D eigenvalue weighted by Gasteiger charge is -2.10. The fourth-order valence-corrected chi connectivity index (χ4v) is 2.60. The maximum Gasteiger partial charge on any atom is 0.343 e. The molecule has 0 saturated heterocycles. The SMILES string of the molecule is COC(=O)c1cc([N+](=O)[O-])cn(Cc2ccc(F)c3cccnc23)c1=O. The molecule has 0 aliphatic rings. The van der Waals surface area contributed by atoms with Crippen LogP contribution in [0.4, 0.5) is 10.1 Å². The third-order valence-electron chi connectivity index (χ3n) is 3.83. The second-order valence-electron chi connectivity index (χ2n) is 5.40. The van der Waals surface area contributed by atoms with Crippen LogP contribution in [-0.4, -0.2) is 27.6 Å². The number of pyridine rings is 2. The van der Waals surface area contributed by atoms with Crippen molar-refractivity contribution in [2.24, 2.45) is 0 Å². The molecular formula is C17H12FN3O5. The number of carbonyl (C=O) groups is 1. The Morgan fingerprint density at radius 3 is 2.85 bits per heavy atom. The number of benzene rings is 1. The van der Waals surface area contributed by atoms with Crippen LogP contribution in [0.5, 0.6) is 0 Å². The van der Waals surface area contributed by atoms with E-state index in [1.165, 1.54) is 24.4 Å². The Bertz CT molecular complexity index is 1090. The topological polar surface area (TPSA) is 104 Å². The zero-order chi connectivity index (χ0) is 18.8. The molecule has 8 nitrogen and oxygen atoms in total. The minimum atomic E-state index is -0.977. The summed E-state index contributed by atoms with van der Waals surface area (Å²) in [7, 11) is 1.07. The number of esters is 1. The molecule has 3 rings (SSSR count). The molecule has 2 aromatic heterocycles. The number of methoxy groups -OCH3 is 1. The van der Waals surface area contributed by atoms with E-state index in [1.54, 1.807) is 6.07 Å². The molecule has 3 aromatic rings. The van der Waals surface area contributed by atoms with Gasteiger partial charge in [-0.3, -0.25) is 19.9 Å². The molecule has 2 heterocycles. The Balaban J connectivity index is 2.18. The molecule has 0 fully saturated rings. The van der Waals surface area contributed by atoms with Crippen LogP contribution >= 0.6 is 0 Å². The molecule has 9 heteroatoms. The molecule has 0 atom stereocenters. The van der Waals surface area contributed by atoms with Gasteiger partial charge in [0.05, 0.1) is 30.3 Å². The van der Waals surface area contributed by atoms with Crippen molar-refractivity contribution >= 4 is 22.6 Å². The maximum atomic E-state index is 13.9. The van der Waals surface area contributed by atoms with Crippen molar-refractivity contribution in [1.29, 1.82) is 0 Å². The van der Waals surface area contributed by atoms with Crippen LogP contribution in [0.1, 0.15) is 15.9 Å². The van der Waals surface area contributed by atoms with Crippen LogP contribution in [-0.2, 0) is 11.3 Å². The van der Waals surface area contributed by atoms with Gasteiger partial charge in [-0.05, 0) is 23.8 Å². The van der Waals surface area contributed by atoms with Gasteiger partial charge in [-0.1, -0.05) is 6.07 Å². The Kier molecular flexibility index (Phi) is 4.44. The first-order valence-electron chi connectivity index (χ1n) is 7.41. The van der Waals surface area contributed by atoms with Crippen molar-refractivity contribution in [2.75, 3.05) is 7.11 Å². The van der Waals surface area contributed by atoms with Gasteiger partial charge < -0.3 is 9.30 Å². The predicted octanol–water partition coefficient (Wildman–Crippen LogP) is 2.28. The number of carbonyl (C=O) groups excluding carboxylic acids is 1. The number of aromatic nitrogens is 2. The number of nitrogens with zero attached hydrogens (tertiary/aromatic N) is 3. The first kappa shape index (κ1) is 17.2. The van der Waals surface area contributed by atoms with Crippen molar-refractivity contribution in [2.45, 2.75) is 6.54 Å². The molecule has 0 aliphatic carbocycles. The summed E-state index contributed by atoms with van der Waals surface area (Å²) in [6, 6.07) is 6.64. The predicted molar refractivity (Wildman–Crippen MR) is 89.5 cm³/mol. The third kappa shape index (κ3) is 3.02. The summed E-state index contributed by atoms with van der Waals surface area (Å²) in [4.78, 5) is 38.8. The molecule has 26 heavy (non-hydrogen) atoms. The molecule has 0 bridgehead atoms. The fraction of sp³-hybridized carbons (Fsp3) is 0.118. The molecule has 0 aliphatic heterocycles. The van der Waals surface area contributed by atoms with E-state index in [2.05, 4.69) is 9.72 Å². The molecule has 0 spiro atoms. The Hall–Kier alpha value is -3.62. The minimum absolute atomic E-state index is 0.127. The smallest absolute Gasteiger partial charge is 0.343 e. The summed E-state index contributed by atoms with van der Waals surface area (Å²) in [6.07, 6.45) is 2.49. The van der Waals surface area contributed by atoms with Gasteiger partial charge in [-0.15, -0.1) is 0 Å². The average molecular weight is 357 g/mol. The molecular weight excluding hydrogens is 345 g/mol. The van der Waals surface area contributed by atoms with Crippen molar-refractivity contribution < 1.29 is 18.8 Å². The molecule has 1 aromatic carbocycles. The summed E-state index contributed by atoms with van der Waals surface area (Å²) in [5, 5.41) is 11.4. The first-order valence-corrected chi connectivity index (χ1v) is 7.41. The van der Waals surface area contributed by atoms with Gasteiger partial charge in [0.25, 0.3) is 11.2 Å². The summed E-state index contributed by atoms with van der Waals surface area (Å²) >= 11 is 0. The quantitative estimate of drug-likeness (QED) is 0.403. The lowest BCUT2D eigenvalue weighted by atomic mass is 10.1. The van der Waals surface area contributed by atoms with E-state index in [-0.39, 0.29) is 11.9 Å². The van der Waals surface area contributed by atoms with Crippen molar-refractivity contribution in [3.05, 3.63) is 80.1 Å². The van der Waals surface area contributed by atoms with Gasteiger partial charge in [-0.2, -0.15) is 0 Å². The number of nitro groups is 1. The van der Waals surface area contributed by atoms with E-state index in [0.29, 0.717) is 11.1 Å². The van der Waals surface area contributed by atoms with Crippen LogP contribution in [0, 0.1) is 15.9 Å². The Labute approximate surface area is 145 Å². The van der Waals surface area contributed by atoms with E-state index in [4.69, 9.17) is 0 Å². The highest BCUT2D eigenvalue weighted by molar-refractivity contribution is 5.89. The van der Waals surface area contributed by atoms with E-state index in [0.717, 1.165) is 23.9 Å². The van der Waals surface area contributed by atoms with E-state index in [9.17, 15) is 24.1 Å². The largest absolute Gasteiger partial charge is 0.465 e. The number of halogens is 1. The number of hydrogen-bond donors (Lipinski definition) is 0. The summed E-state index contributed by atoms with van der Waals surface area (Å²) in [6.45, 7) is -0.127. The summed E-state index contributed by atoms with van der Waals surface area (Å²) in [5.74, 6) is -1.45. The van der Waals surface area contributed by atoms with Gasteiger partial charge in [0.1, 0.15) is 11.4 Å². The molecule has 0 N–H and O–H groups in total. The van der Waals surface area contributed by atoms with Crippen LogP contribution < -0.4 is 5.56 Å². The average Bonchev–Trinajstić information content (AvgIpc) is 2.64. The Morgan fingerprint density at radius 2 is 2.15 bits per heavy atom. The normalized spacial score (nSPS) is 10.7. The van der Waals surface area contributed by atoms with Gasteiger partial charge >= 0.3 is 5.97 Å². The standard InChI is InChI=1S/C17H12FN3O5/c1-26-17(23)13-7-11(21(24)25)9-20(16(13)22)8-10-4-5-14(18)12-3-2-6-19-15(10)12/h2-7,9H,8H2,1H3. The number of fused-ring (bicyclic) bond motifs is 1. The Morgan fingerprint density at radius 1 is 1.38 bits per heavy atom.